The van der Waals surface area contributed by atoms with Crippen LogP contribution >= 0.6 is 0 Å². The van der Waals surface area contributed by atoms with Crippen LogP contribution in [0.1, 0.15) is 24.6 Å². The second-order valence-electron chi connectivity index (χ2n) is 5.52. The van der Waals surface area contributed by atoms with Crippen LogP contribution in [0.2, 0.25) is 0 Å². The van der Waals surface area contributed by atoms with E-state index < -0.39 is 11.9 Å². The summed E-state index contributed by atoms with van der Waals surface area (Å²) in [5.74, 6) is -0.237. The molecule has 1 unspecified atom stereocenters. The fourth-order valence-electron chi connectivity index (χ4n) is 2.73. The van der Waals surface area contributed by atoms with E-state index in [2.05, 4.69) is 10.2 Å². The highest BCUT2D eigenvalue weighted by atomic mass is 19.4. The first kappa shape index (κ1) is 15.6. The number of carbonyl (C=O) groups is 1. The lowest BCUT2D eigenvalue weighted by Gasteiger charge is -2.32. The van der Waals surface area contributed by atoms with Crippen LogP contribution in [0.3, 0.4) is 0 Å². The molecule has 1 atom stereocenters. The van der Waals surface area contributed by atoms with Crippen molar-refractivity contribution in [2.75, 3.05) is 13.1 Å². The monoisotopic (exact) mass is 327 g/mol. The standard InChI is InChI=1S/C14H16F3N5O/c15-14(16,17)12-4-8-21(19-12)10-13(23)20-6-1-3-11(9-20)22-7-2-5-18-22/h2,4-5,7-8,11H,1,3,6,9-10H2. The number of nitrogens with zero attached hydrogens (tertiary/aromatic N) is 5. The first-order valence-corrected chi connectivity index (χ1v) is 7.31. The summed E-state index contributed by atoms with van der Waals surface area (Å²) in [6, 6.07) is 2.80. The van der Waals surface area contributed by atoms with Gasteiger partial charge in [0.15, 0.2) is 5.69 Å². The molecule has 1 saturated heterocycles. The van der Waals surface area contributed by atoms with E-state index in [0.29, 0.717) is 13.1 Å². The number of aromatic nitrogens is 4. The quantitative estimate of drug-likeness (QED) is 0.866. The molecule has 0 aliphatic carbocycles. The van der Waals surface area contributed by atoms with Gasteiger partial charge < -0.3 is 4.90 Å². The van der Waals surface area contributed by atoms with Gasteiger partial charge in [0.1, 0.15) is 6.54 Å². The van der Waals surface area contributed by atoms with Crippen LogP contribution in [-0.4, -0.2) is 43.5 Å². The van der Waals surface area contributed by atoms with Crippen molar-refractivity contribution >= 4 is 5.91 Å². The summed E-state index contributed by atoms with van der Waals surface area (Å²) in [5.41, 5.74) is -0.988. The molecule has 3 rings (SSSR count). The summed E-state index contributed by atoms with van der Waals surface area (Å²) < 4.78 is 40.4. The Morgan fingerprint density at radius 1 is 1.35 bits per heavy atom. The summed E-state index contributed by atoms with van der Waals surface area (Å²) in [6.45, 7) is 0.916. The molecule has 23 heavy (non-hydrogen) atoms. The lowest BCUT2D eigenvalue weighted by Crippen LogP contribution is -2.42. The smallest absolute Gasteiger partial charge is 0.339 e. The number of hydrogen-bond acceptors (Lipinski definition) is 3. The maximum Gasteiger partial charge on any atom is 0.435 e. The second-order valence-corrected chi connectivity index (χ2v) is 5.52. The molecule has 9 heteroatoms. The van der Waals surface area contributed by atoms with Gasteiger partial charge in [0.2, 0.25) is 5.91 Å². The molecule has 0 bridgehead atoms. The SMILES string of the molecule is O=C(Cn1ccc(C(F)(F)F)n1)N1CCCC(n2cccn2)C1. The molecule has 6 nitrogen and oxygen atoms in total. The van der Waals surface area contributed by atoms with E-state index in [4.69, 9.17) is 0 Å². The van der Waals surface area contributed by atoms with Gasteiger partial charge in [0.25, 0.3) is 0 Å². The van der Waals surface area contributed by atoms with Gasteiger partial charge in [0.05, 0.1) is 6.04 Å². The van der Waals surface area contributed by atoms with E-state index in [1.54, 1.807) is 11.1 Å². The Balaban J connectivity index is 1.63. The van der Waals surface area contributed by atoms with E-state index in [1.807, 2.05) is 16.9 Å². The molecule has 1 aliphatic heterocycles. The molecular formula is C14H16F3N5O. The van der Waals surface area contributed by atoms with Crippen molar-refractivity contribution in [3.63, 3.8) is 0 Å². The predicted octanol–water partition coefficient (Wildman–Crippen LogP) is 1.96. The molecule has 0 saturated carbocycles. The fraction of sp³-hybridized carbons (Fsp3) is 0.500. The number of hydrogen-bond donors (Lipinski definition) is 0. The van der Waals surface area contributed by atoms with Gasteiger partial charge >= 0.3 is 6.18 Å². The van der Waals surface area contributed by atoms with Gasteiger partial charge in [-0.25, -0.2) is 0 Å². The minimum Gasteiger partial charge on any atom is -0.339 e. The van der Waals surface area contributed by atoms with Crippen LogP contribution in [0, 0.1) is 0 Å². The number of rotatable bonds is 3. The Labute approximate surface area is 130 Å². The number of alkyl halides is 3. The van der Waals surface area contributed by atoms with Crippen molar-refractivity contribution in [3.8, 4) is 0 Å². The van der Waals surface area contributed by atoms with Crippen molar-refractivity contribution in [1.82, 2.24) is 24.5 Å². The van der Waals surface area contributed by atoms with E-state index in [-0.39, 0.29) is 18.5 Å². The highest BCUT2D eigenvalue weighted by Crippen LogP contribution is 2.27. The molecule has 1 amide bonds. The van der Waals surface area contributed by atoms with Crippen molar-refractivity contribution < 1.29 is 18.0 Å². The van der Waals surface area contributed by atoms with Gasteiger partial charge in [-0.05, 0) is 25.0 Å². The molecule has 0 radical (unpaired) electrons. The number of piperidine rings is 1. The van der Waals surface area contributed by atoms with Crippen LogP contribution in [0.25, 0.3) is 0 Å². The van der Waals surface area contributed by atoms with Crippen LogP contribution < -0.4 is 0 Å². The van der Waals surface area contributed by atoms with E-state index >= 15 is 0 Å². The largest absolute Gasteiger partial charge is 0.435 e. The summed E-state index contributed by atoms with van der Waals surface area (Å²) in [4.78, 5) is 14.0. The maximum atomic E-state index is 12.5. The minimum atomic E-state index is -4.50. The van der Waals surface area contributed by atoms with Gasteiger partial charge in [-0.1, -0.05) is 0 Å². The zero-order valence-corrected chi connectivity index (χ0v) is 12.3. The summed E-state index contributed by atoms with van der Waals surface area (Å²) in [5, 5.41) is 7.60. The van der Waals surface area contributed by atoms with Crippen molar-refractivity contribution in [1.29, 1.82) is 0 Å². The topological polar surface area (TPSA) is 56.0 Å². The molecule has 3 heterocycles. The molecule has 2 aromatic rings. The van der Waals surface area contributed by atoms with Crippen molar-refractivity contribution in [3.05, 3.63) is 36.4 Å². The third kappa shape index (κ3) is 3.54. The Kier molecular flexibility index (Phi) is 4.10. The zero-order chi connectivity index (χ0) is 16.4. The fourth-order valence-corrected chi connectivity index (χ4v) is 2.73. The third-order valence-corrected chi connectivity index (χ3v) is 3.88. The molecule has 2 aromatic heterocycles. The number of carbonyl (C=O) groups excluding carboxylic acids is 1. The van der Waals surface area contributed by atoms with E-state index in [1.165, 1.54) is 6.20 Å². The van der Waals surface area contributed by atoms with Crippen LogP contribution in [0.5, 0.6) is 0 Å². The van der Waals surface area contributed by atoms with Gasteiger partial charge in [-0.15, -0.1) is 0 Å². The Hall–Kier alpha value is -2.32. The second kappa shape index (κ2) is 6.05. The number of halogens is 3. The Morgan fingerprint density at radius 3 is 2.83 bits per heavy atom. The van der Waals surface area contributed by atoms with Gasteiger partial charge in [-0.3, -0.25) is 14.2 Å². The molecule has 0 N–H and O–H groups in total. The van der Waals surface area contributed by atoms with E-state index in [9.17, 15) is 18.0 Å². The number of likely N-dealkylation sites (tertiary alicyclic amines) is 1. The van der Waals surface area contributed by atoms with Crippen LogP contribution in [-0.2, 0) is 17.5 Å². The van der Waals surface area contributed by atoms with E-state index in [0.717, 1.165) is 23.6 Å². The first-order valence-electron chi connectivity index (χ1n) is 7.31. The minimum absolute atomic E-state index is 0.103. The highest BCUT2D eigenvalue weighted by Gasteiger charge is 2.34. The Bertz CT molecular complexity index is 664. The van der Waals surface area contributed by atoms with Gasteiger partial charge in [-0.2, -0.15) is 23.4 Å². The zero-order valence-electron chi connectivity index (χ0n) is 12.3. The predicted molar refractivity (Wildman–Crippen MR) is 74.3 cm³/mol. The van der Waals surface area contributed by atoms with Crippen molar-refractivity contribution in [2.24, 2.45) is 0 Å². The third-order valence-electron chi connectivity index (χ3n) is 3.88. The molecule has 0 aromatic carbocycles. The highest BCUT2D eigenvalue weighted by molar-refractivity contribution is 5.76. The van der Waals surface area contributed by atoms with Crippen molar-refractivity contribution in [2.45, 2.75) is 31.6 Å². The average Bonchev–Trinajstić information content (AvgIpc) is 3.18. The molecule has 1 fully saturated rings. The maximum absolute atomic E-state index is 12.5. The normalized spacial score (nSPS) is 19.1. The molecule has 124 valence electrons. The van der Waals surface area contributed by atoms with Crippen LogP contribution in [0.15, 0.2) is 30.7 Å². The summed E-state index contributed by atoms with van der Waals surface area (Å²) in [6.07, 6.45) is 1.97. The van der Waals surface area contributed by atoms with Crippen LogP contribution in [0.4, 0.5) is 13.2 Å². The summed E-state index contributed by atoms with van der Waals surface area (Å²) >= 11 is 0. The Morgan fingerprint density at radius 2 is 2.17 bits per heavy atom. The lowest BCUT2D eigenvalue weighted by molar-refractivity contribution is -0.142. The summed E-state index contributed by atoms with van der Waals surface area (Å²) in [7, 11) is 0. The molecule has 0 spiro atoms. The molecular weight excluding hydrogens is 311 g/mol. The average molecular weight is 327 g/mol. The number of amides is 1. The lowest BCUT2D eigenvalue weighted by atomic mass is 10.1. The van der Waals surface area contributed by atoms with Gasteiger partial charge in [0, 0.05) is 31.7 Å². The molecule has 1 aliphatic rings. The first-order chi connectivity index (χ1) is 10.9.